The first kappa shape index (κ1) is 13.2. The maximum atomic E-state index is 11.9. The van der Waals surface area contributed by atoms with Gasteiger partial charge < -0.3 is 0 Å². The van der Waals surface area contributed by atoms with Gasteiger partial charge in [0.15, 0.2) is 0 Å². The molecule has 16 heavy (non-hydrogen) atoms. The van der Waals surface area contributed by atoms with Crippen LogP contribution in [0, 0.1) is 0 Å². The highest BCUT2D eigenvalue weighted by molar-refractivity contribution is 7.86. The van der Waals surface area contributed by atoms with E-state index in [9.17, 15) is 8.42 Å². The molecule has 1 rings (SSSR count). The van der Waals surface area contributed by atoms with Crippen LogP contribution >= 0.6 is 0 Å². The molecule has 0 radical (unpaired) electrons. The summed E-state index contributed by atoms with van der Waals surface area (Å²) in [6.45, 7) is 4.19. The molecule has 0 amide bonds. The molecule has 1 aromatic carbocycles. The molecule has 0 atom stereocenters. The third kappa shape index (κ3) is 3.32. The van der Waals surface area contributed by atoms with Gasteiger partial charge in [0, 0.05) is 0 Å². The zero-order valence-corrected chi connectivity index (χ0v) is 10.6. The second-order valence-electron chi connectivity index (χ2n) is 3.59. The highest BCUT2D eigenvalue weighted by atomic mass is 32.2. The zero-order valence-electron chi connectivity index (χ0n) is 9.77. The second-order valence-corrected chi connectivity index (χ2v) is 5.17. The summed E-state index contributed by atoms with van der Waals surface area (Å²) in [5.74, 6) is 0. The van der Waals surface area contributed by atoms with E-state index in [1.54, 1.807) is 12.1 Å². The van der Waals surface area contributed by atoms with Crippen molar-refractivity contribution in [3.63, 3.8) is 0 Å². The summed E-state index contributed by atoms with van der Waals surface area (Å²) in [5.41, 5.74) is 0.805. The third-order valence-corrected chi connectivity index (χ3v) is 3.77. The first-order chi connectivity index (χ1) is 7.61. The van der Waals surface area contributed by atoms with Crippen LogP contribution in [0.2, 0.25) is 0 Å². The van der Waals surface area contributed by atoms with Gasteiger partial charge in [-0.3, -0.25) is 4.18 Å². The molecule has 0 spiro atoms. The fourth-order valence-corrected chi connectivity index (χ4v) is 2.66. The van der Waals surface area contributed by atoms with E-state index in [4.69, 9.17) is 4.18 Å². The van der Waals surface area contributed by atoms with E-state index in [1.807, 2.05) is 26.0 Å². The lowest BCUT2D eigenvalue weighted by Gasteiger charge is -2.08. The van der Waals surface area contributed by atoms with Gasteiger partial charge in [-0.05, 0) is 24.5 Å². The molecule has 0 aliphatic rings. The predicted octanol–water partition coefficient (Wildman–Crippen LogP) is 2.75. The van der Waals surface area contributed by atoms with Gasteiger partial charge in [0.2, 0.25) is 0 Å². The van der Waals surface area contributed by atoms with E-state index in [0.29, 0.717) is 11.3 Å². The molecule has 0 unspecified atom stereocenters. The molecular formula is C12H18O3S. The summed E-state index contributed by atoms with van der Waals surface area (Å²) in [6, 6.07) is 6.97. The molecule has 1 aromatic rings. The maximum absolute atomic E-state index is 11.9. The number of benzene rings is 1. The van der Waals surface area contributed by atoms with Gasteiger partial charge in [-0.2, -0.15) is 8.42 Å². The second kappa shape index (κ2) is 6.01. The lowest BCUT2D eigenvalue weighted by Crippen LogP contribution is -2.09. The average molecular weight is 242 g/mol. The summed E-state index contributed by atoms with van der Waals surface area (Å²) < 4.78 is 28.7. The molecule has 0 aliphatic carbocycles. The summed E-state index contributed by atoms with van der Waals surface area (Å²) in [5, 5.41) is 0. The minimum Gasteiger partial charge on any atom is -0.266 e. The average Bonchev–Trinajstić information content (AvgIpc) is 2.29. The Balaban J connectivity index is 2.89. The third-order valence-electron chi connectivity index (χ3n) is 2.36. The predicted molar refractivity (Wildman–Crippen MR) is 63.9 cm³/mol. The lowest BCUT2D eigenvalue weighted by atomic mass is 10.2. The molecule has 0 aromatic heterocycles. The van der Waals surface area contributed by atoms with Crippen molar-refractivity contribution in [1.82, 2.24) is 0 Å². The standard InChI is InChI=1S/C12H18O3S/c1-3-5-10-15-16(13,14)12-9-7-6-8-11(12)4-2/h6-9H,3-5,10H2,1-2H3. The van der Waals surface area contributed by atoms with Crippen LogP contribution in [0.1, 0.15) is 32.3 Å². The number of rotatable bonds is 6. The van der Waals surface area contributed by atoms with Gasteiger partial charge in [-0.1, -0.05) is 38.5 Å². The largest absolute Gasteiger partial charge is 0.297 e. The van der Waals surface area contributed by atoms with Gasteiger partial charge in [0.25, 0.3) is 10.1 Å². The van der Waals surface area contributed by atoms with Crippen molar-refractivity contribution in [3.05, 3.63) is 29.8 Å². The quantitative estimate of drug-likeness (QED) is 0.569. The Bertz CT molecular complexity index is 424. The highest BCUT2D eigenvalue weighted by Gasteiger charge is 2.17. The van der Waals surface area contributed by atoms with E-state index in [0.717, 1.165) is 18.4 Å². The van der Waals surface area contributed by atoms with Crippen molar-refractivity contribution in [2.45, 2.75) is 38.0 Å². The van der Waals surface area contributed by atoms with E-state index in [1.165, 1.54) is 0 Å². The molecule has 3 nitrogen and oxygen atoms in total. The Hall–Kier alpha value is -0.870. The van der Waals surface area contributed by atoms with Crippen molar-refractivity contribution in [2.24, 2.45) is 0 Å². The topological polar surface area (TPSA) is 43.4 Å². The van der Waals surface area contributed by atoms with Gasteiger partial charge in [-0.25, -0.2) is 0 Å². The van der Waals surface area contributed by atoms with Crippen LogP contribution in [-0.4, -0.2) is 15.0 Å². The maximum Gasteiger partial charge on any atom is 0.297 e. The lowest BCUT2D eigenvalue weighted by molar-refractivity contribution is 0.310. The SMILES string of the molecule is CCCCOS(=O)(=O)c1ccccc1CC. The number of aryl methyl sites for hydroxylation is 1. The van der Waals surface area contributed by atoms with Crippen molar-refractivity contribution >= 4 is 10.1 Å². The molecule has 0 bridgehead atoms. The Morgan fingerprint density at radius 1 is 1.19 bits per heavy atom. The van der Waals surface area contributed by atoms with Crippen LogP contribution < -0.4 is 0 Å². The molecular weight excluding hydrogens is 224 g/mol. The normalized spacial score (nSPS) is 11.6. The van der Waals surface area contributed by atoms with Gasteiger partial charge in [0.1, 0.15) is 0 Å². The Labute approximate surface area is 97.6 Å². The first-order valence-corrected chi connectivity index (χ1v) is 7.00. The molecule has 0 saturated heterocycles. The number of hydrogen-bond donors (Lipinski definition) is 0. The summed E-state index contributed by atoms with van der Waals surface area (Å²) in [6.07, 6.45) is 2.37. The molecule has 0 N–H and O–H groups in total. The van der Waals surface area contributed by atoms with Crippen LogP contribution in [0.5, 0.6) is 0 Å². The van der Waals surface area contributed by atoms with Crippen LogP contribution in [0.3, 0.4) is 0 Å². The van der Waals surface area contributed by atoms with E-state index in [2.05, 4.69) is 0 Å². The molecule has 90 valence electrons. The summed E-state index contributed by atoms with van der Waals surface area (Å²) in [4.78, 5) is 0.300. The fraction of sp³-hybridized carbons (Fsp3) is 0.500. The molecule has 0 heterocycles. The van der Waals surface area contributed by atoms with Crippen molar-refractivity contribution < 1.29 is 12.6 Å². The Morgan fingerprint density at radius 2 is 1.88 bits per heavy atom. The monoisotopic (exact) mass is 242 g/mol. The van der Waals surface area contributed by atoms with Crippen molar-refractivity contribution in [3.8, 4) is 0 Å². The van der Waals surface area contributed by atoms with Crippen LogP contribution in [-0.2, 0) is 20.7 Å². The minimum atomic E-state index is -3.58. The van der Waals surface area contributed by atoms with Crippen LogP contribution in [0.4, 0.5) is 0 Å². The van der Waals surface area contributed by atoms with E-state index < -0.39 is 10.1 Å². The Morgan fingerprint density at radius 3 is 2.50 bits per heavy atom. The zero-order chi connectivity index (χ0) is 12.0. The smallest absolute Gasteiger partial charge is 0.266 e. The summed E-state index contributed by atoms with van der Waals surface area (Å²) >= 11 is 0. The van der Waals surface area contributed by atoms with E-state index >= 15 is 0 Å². The molecule has 0 aliphatic heterocycles. The van der Waals surface area contributed by atoms with E-state index in [-0.39, 0.29) is 6.61 Å². The van der Waals surface area contributed by atoms with Gasteiger partial charge >= 0.3 is 0 Å². The molecule has 0 saturated carbocycles. The van der Waals surface area contributed by atoms with Crippen molar-refractivity contribution in [2.75, 3.05) is 6.61 Å². The summed E-state index contributed by atoms with van der Waals surface area (Å²) in [7, 11) is -3.58. The number of unbranched alkanes of at least 4 members (excludes halogenated alkanes) is 1. The van der Waals surface area contributed by atoms with Crippen molar-refractivity contribution in [1.29, 1.82) is 0 Å². The van der Waals surface area contributed by atoms with Gasteiger partial charge in [-0.15, -0.1) is 0 Å². The molecule has 4 heteroatoms. The van der Waals surface area contributed by atoms with Crippen LogP contribution in [0.25, 0.3) is 0 Å². The minimum absolute atomic E-state index is 0.261. The first-order valence-electron chi connectivity index (χ1n) is 5.59. The van der Waals surface area contributed by atoms with Crippen LogP contribution in [0.15, 0.2) is 29.2 Å². The Kier molecular flexibility index (Phi) is 4.96. The fourth-order valence-electron chi connectivity index (χ4n) is 1.42. The number of hydrogen-bond acceptors (Lipinski definition) is 3. The molecule has 0 fully saturated rings. The highest BCUT2D eigenvalue weighted by Crippen LogP contribution is 2.18. The van der Waals surface area contributed by atoms with Gasteiger partial charge in [0.05, 0.1) is 11.5 Å².